The van der Waals surface area contributed by atoms with Crippen LogP contribution in [0.1, 0.15) is 56.7 Å². The first-order valence-corrected chi connectivity index (χ1v) is 8.57. The predicted octanol–water partition coefficient (Wildman–Crippen LogP) is 4.88. The fourth-order valence-corrected chi connectivity index (χ4v) is 3.98. The number of benzene rings is 1. The molecule has 1 heteroatoms. The van der Waals surface area contributed by atoms with Crippen LogP contribution < -0.4 is 5.73 Å². The van der Waals surface area contributed by atoms with Crippen molar-refractivity contribution in [2.45, 2.75) is 60.3 Å². The first kappa shape index (κ1) is 16.5. The van der Waals surface area contributed by atoms with Gasteiger partial charge in [-0.3, -0.25) is 0 Å². The van der Waals surface area contributed by atoms with Gasteiger partial charge >= 0.3 is 0 Å². The minimum absolute atomic E-state index is 0.430. The van der Waals surface area contributed by atoms with Gasteiger partial charge in [0.25, 0.3) is 0 Å². The summed E-state index contributed by atoms with van der Waals surface area (Å²) in [4.78, 5) is 0. The van der Waals surface area contributed by atoms with Crippen molar-refractivity contribution in [3.05, 3.63) is 34.9 Å². The minimum Gasteiger partial charge on any atom is -0.330 e. The standard InChI is InChI=1S/C20H33N/c1-14-6-7-15(2)17(10-14)11-18-12-19(20(3,4)5)9-8-16(18)13-21/h6-7,10,16,18-19H,8-9,11-13,21H2,1-5H3. The van der Waals surface area contributed by atoms with Gasteiger partial charge in [0, 0.05) is 0 Å². The van der Waals surface area contributed by atoms with Crippen LogP contribution >= 0.6 is 0 Å². The maximum absolute atomic E-state index is 6.07. The molecule has 21 heavy (non-hydrogen) atoms. The van der Waals surface area contributed by atoms with E-state index in [2.05, 4.69) is 52.8 Å². The Labute approximate surface area is 131 Å². The molecular formula is C20H33N. The van der Waals surface area contributed by atoms with Gasteiger partial charge in [0.2, 0.25) is 0 Å². The molecular weight excluding hydrogens is 254 g/mol. The molecule has 1 aromatic rings. The number of hydrogen-bond donors (Lipinski definition) is 1. The summed E-state index contributed by atoms with van der Waals surface area (Å²) in [5, 5.41) is 0. The van der Waals surface area contributed by atoms with Crippen LogP contribution in [0.15, 0.2) is 18.2 Å². The zero-order valence-corrected chi connectivity index (χ0v) is 14.6. The normalized spacial score (nSPS) is 26.9. The Bertz CT molecular complexity index is 469. The van der Waals surface area contributed by atoms with Crippen molar-refractivity contribution in [3.63, 3.8) is 0 Å². The van der Waals surface area contributed by atoms with Crippen molar-refractivity contribution in [1.29, 1.82) is 0 Å². The molecule has 1 saturated carbocycles. The first-order valence-electron chi connectivity index (χ1n) is 8.57. The molecule has 2 N–H and O–H groups in total. The van der Waals surface area contributed by atoms with E-state index in [4.69, 9.17) is 5.73 Å². The van der Waals surface area contributed by atoms with E-state index < -0.39 is 0 Å². The molecule has 0 bridgehead atoms. The third-order valence-electron chi connectivity index (χ3n) is 5.65. The summed E-state index contributed by atoms with van der Waals surface area (Å²) in [5.74, 6) is 2.31. The molecule has 3 atom stereocenters. The van der Waals surface area contributed by atoms with E-state index in [1.807, 2.05) is 0 Å². The highest BCUT2D eigenvalue weighted by atomic mass is 14.6. The zero-order chi connectivity index (χ0) is 15.6. The Morgan fingerprint density at radius 2 is 1.81 bits per heavy atom. The molecule has 0 radical (unpaired) electrons. The summed E-state index contributed by atoms with van der Waals surface area (Å²) >= 11 is 0. The maximum atomic E-state index is 6.07. The molecule has 2 rings (SSSR count). The fraction of sp³-hybridized carbons (Fsp3) is 0.700. The third kappa shape index (κ3) is 4.10. The molecule has 0 spiro atoms. The topological polar surface area (TPSA) is 26.0 Å². The summed E-state index contributed by atoms with van der Waals surface area (Å²) < 4.78 is 0. The van der Waals surface area contributed by atoms with Gasteiger partial charge in [0.1, 0.15) is 0 Å². The predicted molar refractivity (Wildman–Crippen MR) is 92.5 cm³/mol. The SMILES string of the molecule is Cc1ccc(C)c(CC2CC(C(C)(C)C)CCC2CN)c1. The van der Waals surface area contributed by atoms with Gasteiger partial charge in [0.15, 0.2) is 0 Å². The van der Waals surface area contributed by atoms with Gasteiger partial charge in [-0.25, -0.2) is 0 Å². The molecule has 1 aliphatic rings. The van der Waals surface area contributed by atoms with Gasteiger partial charge in [-0.05, 0) is 80.4 Å². The summed E-state index contributed by atoms with van der Waals surface area (Å²) in [6.07, 6.45) is 5.23. The number of aryl methyl sites for hydroxylation is 2. The maximum Gasteiger partial charge on any atom is -0.00461 e. The van der Waals surface area contributed by atoms with Crippen LogP contribution in [0.2, 0.25) is 0 Å². The lowest BCUT2D eigenvalue weighted by Crippen LogP contribution is -2.36. The monoisotopic (exact) mass is 287 g/mol. The lowest BCUT2D eigenvalue weighted by atomic mass is 9.64. The van der Waals surface area contributed by atoms with Crippen molar-refractivity contribution >= 4 is 0 Å². The van der Waals surface area contributed by atoms with Gasteiger partial charge in [-0.2, -0.15) is 0 Å². The minimum atomic E-state index is 0.430. The van der Waals surface area contributed by atoms with Gasteiger partial charge in [-0.1, -0.05) is 44.5 Å². The van der Waals surface area contributed by atoms with E-state index in [1.165, 1.54) is 42.4 Å². The average Bonchev–Trinajstić information content (AvgIpc) is 2.42. The number of nitrogens with two attached hydrogens (primary N) is 1. The molecule has 0 heterocycles. The van der Waals surface area contributed by atoms with Crippen molar-refractivity contribution in [1.82, 2.24) is 0 Å². The fourth-order valence-electron chi connectivity index (χ4n) is 3.98. The quantitative estimate of drug-likeness (QED) is 0.842. The lowest BCUT2D eigenvalue weighted by molar-refractivity contribution is 0.101. The van der Waals surface area contributed by atoms with Crippen LogP contribution in [0.4, 0.5) is 0 Å². The first-order chi connectivity index (χ1) is 9.81. The molecule has 1 nitrogen and oxygen atoms in total. The molecule has 1 aliphatic carbocycles. The Morgan fingerprint density at radius 3 is 2.43 bits per heavy atom. The lowest BCUT2D eigenvalue weighted by Gasteiger charge is -2.42. The van der Waals surface area contributed by atoms with Gasteiger partial charge < -0.3 is 5.73 Å². The van der Waals surface area contributed by atoms with Crippen LogP contribution in [0.5, 0.6) is 0 Å². The Hall–Kier alpha value is -0.820. The van der Waals surface area contributed by atoms with E-state index >= 15 is 0 Å². The zero-order valence-electron chi connectivity index (χ0n) is 14.6. The van der Waals surface area contributed by atoms with Crippen LogP contribution in [-0.2, 0) is 6.42 Å². The van der Waals surface area contributed by atoms with Crippen molar-refractivity contribution in [2.75, 3.05) is 6.54 Å². The number of rotatable bonds is 3. The van der Waals surface area contributed by atoms with Crippen LogP contribution in [-0.4, -0.2) is 6.54 Å². The Morgan fingerprint density at radius 1 is 1.10 bits per heavy atom. The summed E-state index contributed by atoms with van der Waals surface area (Å²) in [7, 11) is 0. The van der Waals surface area contributed by atoms with Crippen LogP contribution in [0, 0.1) is 37.0 Å². The van der Waals surface area contributed by atoms with Crippen molar-refractivity contribution < 1.29 is 0 Å². The molecule has 1 aromatic carbocycles. The highest BCUT2D eigenvalue weighted by molar-refractivity contribution is 5.31. The molecule has 0 amide bonds. The van der Waals surface area contributed by atoms with E-state index in [0.29, 0.717) is 11.3 Å². The Balaban J connectivity index is 2.16. The van der Waals surface area contributed by atoms with E-state index in [0.717, 1.165) is 18.4 Å². The van der Waals surface area contributed by atoms with Gasteiger partial charge in [0.05, 0.1) is 0 Å². The van der Waals surface area contributed by atoms with Crippen molar-refractivity contribution in [2.24, 2.45) is 28.9 Å². The van der Waals surface area contributed by atoms with E-state index in [9.17, 15) is 0 Å². The molecule has 0 saturated heterocycles. The highest BCUT2D eigenvalue weighted by Crippen LogP contribution is 2.43. The molecule has 0 aromatic heterocycles. The summed E-state index contributed by atoms with van der Waals surface area (Å²) in [5.41, 5.74) is 10.9. The molecule has 118 valence electrons. The molecule has 0 aliphatic heterocycles. The molecule has 3 unspecified atom stereocenters. The second-order valence-corrected chi connectivity index (χ2v) is 8.27. The van der Waals surface area contributed by atoms with Crippen LogP contribution in [0.3, 0.4) is 0 Å². The van der Waals surface area contributed by atoms with Crippen LogP contribution in [0.25, 0.3) is 0 Å². The number of hydrogen-bond acceptors (Lipinski definition) is 1. The summed E-state index contributed by atoms with van der Waals surface area (Å²) in [6, 6.07) is 6.87. The second kappa shape index (κ2) is 6.52. The third-order valence-corrected chi connectivity index (χ3v) is 5.65. The smallest absolute Gasteiger partial charge is 0.00461 e. The van der Waals surface area contributed by atoms with Crippen molar-refractivity contribution in [3.8, 4) is 0 Å². The Kier molecular flexibility index (Phi) is 5.14. The highest BCUT2D eigenvalue weighted by Gasteiger charge is 2.35. The molecule has 1 fully saturated rings. The van der Waals surface area contributed by atoms with Gasteiger partial charge in [-0.15, -0.1) is 0 Å². The second-order valence-electron chi connectivity index (χ2n) is 8.27. The van der Waals surface area contributed by atoms with E-state index in [1.54, 1.807) is 0 Å². The van der Waals surface area contributed by atoms with E-state index in [-0.39, 0.29) is 0 Å². The largest absolute Gasteiger partial charge is 0.330 e. The summed E-state index contributed by atoms with van der Waals surface area (Å²) in [6.45, 7) is 12.5. The average molecular weight is 287 g/mol.